The van der Waals surface area contributed by atoms with Gasteiger partial charge in [0.05, 0.1) is 16.2 Å². The topological polar surface area (TPSA) is 48.0 Å². The summed E-state index contributed by atoms with van der Waals surface area (Å²) >= 11 is 6.26. The zero-order valence-electron chi connectivity index (χ0n) is 10.8. The van der Waals surface area contributed by atoms with Crippen LogP contribution in [-0.2, 0) is 0 Å². The predicted molar refractivity (Wildman–Crippen MR) is 82.1 cm³/mol. The van der Waals surface area contributed by atoms with Gasteiger partial charge in [0.15, 0.2) is 5.52 Å². The van der Waals surface area contributed by atoms with Crippen LogP contribution < -0.4 is 5.63 Å². The number of nitrogens with zero attached hydrogens (tertiary/aromatic N) is 2. The van der Waals surface area contributed by atoms with Crippen molar-refractivity contribution in [1.82, 2.24) is 9.55 Å². The van der Waals surface area contributed by atoms with Gasteiger partial charge >= 0.3 is 5.63 Å². The number of fused-ring (bicyclic) bond motifs is 3. The number of halogens is 1. The average Bonchev–Trinajstić information content (AvgIpc) is 2.93. The second-order valence-corrected chi connectivity index (χ2v) is 5.06. The van der Waals surface area contributed by atoms with Crippen molar-refractivity contribution in [2.24, 2.45) is 0 Å². The predicted octanol–water partition coefficient (Wildman–Crippen LogP) is 3.79. The quantitative estimate of drug-likeness (QED) is 0.502. The number of para-hydroxylation sites is 2. The number of rotatable bonds is 1. The van der Waals surface area contributed by atoms with E-state index in [1.165, 1.54) is 0 Å². The van der Waals surface area contributed by atoms with Crippen LogP contribution in [-0.4, -0.2) is 9.55 Å². The summed E-state index contributed by atoms with van der Waals surface area (Å²) in [4.78, 5) is 16.2. The van der Waals surface area contributed by atoms with Crippen molar-refractivity contribution in [2.45, 2.75) is 0 Å². The maximum Gasteiger partial charge on any atom is 0.364 e. The van der Waals surface area contributed by atoms with E-state index in [4.69, 9.17) is 16.0 Å². The van der Waals surface area contributed by atoms with E-state index in [0.717, 1.165) is 11.1 Å². The lowest BCUT2D eigenvalue weighted by Gasteiger charge is -2.07. The van der Waals surface area contributed by atoms with Crippen molar-refractivity contribution >= 4 is 33.6 Å². The molecule has 0 amide bonds. The first-order chi connectivity index (χ1) is 10.3. The molecule has 0 saturated heterocycles. The molecule has 0 aliphatic rings. The molecule has 0 fully saturated rings. The van der Waals surface area contributed by atoms with Gasteiger partial charge in [-0.1, -0.05) is 35.9 Å². The van der Waals surface area contributed by atoms with E-state index in [0.29, 0.717) is 21.6 Å². The third-order valence-corrected chi connectivity index (χ3v) is 3.74. The van der Waals surface area contributed by atoms with Gasteiger partial charge in [-0.2, -0.15) is 0 Å². The van der Waals surface area contributed by atoms with E-state index in [9.17, 15) is 4.79 Å². The largest absolute Gasteiger partial charge is 0.421 e. The highest BCUT2D eigenvalue weighted by Crippen LogP contribution is 2.27. The first-order valence-electron chi connectivity index (χ1n) is 6.39. The Hall–Kier alpha value is -2.59. The van der Waals surface area contributed by atoms with E-state index in [1.807, 2.05) is 41.0 Å². The molecule has 0 bridgehead atoms. The summed E-state index contributed by atoms with van der Waals surface area (Å²) in [6.07, 6.45) is 1.59. The summed E-state index contributed by atoms with van der Waals surface area (Å²) < 4.78 is 7.11. The Morgan fingerprint density at radius 2 is 1.81 bits per heavy atom. The lowest BCUT2D eigenvalue weighted by atomic mass is 10.2. The average molecular weight is 297 g/mol. The molecule has 5 heteroatoms. The minimum atomic E-state index is -0.450. The standard InChI is InChI=1S/C16H9ClN2O2/c17-11-6-2-3-7-12(11)19-9-18-14-15(19)10-5-1-4-8-13(10)21-16(14)20/h1-9H. The highest BCUT2D eigenvalue weighted by atomic mass is 35.5. The molecule has 0 atom stereocenters. The van der Waals surface area contributed by atoms with E-state index in [2.05, 4.69) is 4.98 Å². The number of hydrogen-bond acceptors (Lipinski definition) is 3. The molecule has 0 aliphatic heterocycles. The fourth-order valence-corrected chi connectivity index (χ4v) is 2.71. The zero-order valence-corrected chi connectivity index (χ0v) is 11.5. The lowest BCUT2D eigenvalue weighted by molar-refractivity contribution is 0.568. The maximum absolute atomic E-state index is 12.0. The second kappa shape index (κ2) is 4.46. The molecule has 4 rings (SSSR count). The van der Waals surface area contributed by atoms with Crippen molar-refractivity contribution in [2.75, 3.05) is 0 Å². The Morgan fingerprint density at radius 1 is 1.05 bits per heavy atom. The van der Waals surface area contributed by atoms with E-state index in [-0.39, 0.29) is 0 Å². The smallest absolute Gasteiger partial charge is 0.364 e. The molecule has 21 heavy (non-hydrogen) atoms. The third-order valence-electron chi connectivity index (χ3n) is 3.42. The van der Waals surface area contributed by atoms with Crippen LogP contribution in [0.4, 0.5) is 0 Å². The van der Waals surface area contributed by atoms with Gasteiger partial charge in [0, 0.05) is 5.39 Å². The monoisotopic (exact) mass is 296 g/mol. The van der Waals surface area contributed by atoms with E-state index >= 15 is 0 Å². The van der Waals surface area contributed by atoms with Crippen LogP contribution in [0, 0.1) is 0 Å². The number of hydrogen-bond donors (Lipinski definition) is 0. The molecule has 0 spiro atoms. The van der Waals surface area contributed by atoms with Gasteiger partial charge in [0.25, 0.3) is 0 Å². The van der Waals surface area contributed by atoms with E-state index < -0.39 is 5.63 Å². The molecule has 0 unspecified atom stereocenters. The van der Waals surface area contributed by atoms with E-state index in [1.54, 1.807) is 18.5 Å². The highest BCUT2D eigenvalue weighted by Gasteiger charge is 2.15. The van der Waals surface area contributed by atoms with Crippen LogP contribution in [0.2, 0.25) is 5.02 Å². The number of aromatic nitrogens is 2. The Kier molecular flexibility index (Phi) is 2.59. The Labute approximate surface area is 124 Å². The first kappa shape index (κ1) is 12.2. The minimum Gasteiger partial charge on any atom is -0.421 e. The SMILES string of the molecule is O=c1oc2ccccc2c2c1ncn2-c1ccccc1Cl. The maximum atomic E-state index is 12.0. The summed E-state index contributed by atoms with van der Waals surface area (Å²) in [5.74, 6) is 0. The van der Waals surface area contributed by atoms with Crippen LogP contribution in [0.1, 0.15) is 0 Å². The number of imidazole rings is 1. The molecule has 2 aromatic carbocycles. The van der Waals surface area contributed by atoms with Gasteiger partial charge in [-0.15, -0.1) is 0 Å². The summed E-state index contributed by atoms with van der Waals surface area (Å²) in [6, 6.07) is 14.8. The van der Waals surface area contributed by atoms with Gasteiger partial charge in [-0.25, -0.2) is 9.78 Å². The molecular weight excluding hydrogens is 288 g/mol. The third kappa shape index (κ3) is 1.76. The van der Waals surface area contributed by atoms with Gasteiger partial charge < -0.3 is 4.42 Å². The van der Waals surface area contributed by atoms with Crippen LogP contribution in [0.3, 0.4) is 0 Å². The van der Waals surface area contributed by atoms with Crippen molar-refractivity contribution in [3.05, 3.63) is 70.3 Å². The summed E-state index contributed by atoms with van der Waals surface area (Å²) in [7, 11) is 0. The summed E-state index contributed by atoms with van der Waals surface area (Å²) in [5, 5.41) is 1.42. The highest BCUT2D eigenvalue weighted by molar-refractivity contribution is 6.32. The molecule has 0 aliphatic carbocycles. The fraction of sp³-hybridized carbons (Fsp3) is 0. The molecule has 0 saturated carbocycles. The summed E-state index contributed by atoms with van der Waals surface area (Å²) in [6.45, 7) is 0. The fourth-order valence-electron chi connectivity index (χ4n) is 2.48. The van der Waals surface area contributed by atoms with Gasteiger partial charge in [0.2, 0.25) is 0 Å². The zero-order chi connectivity index (χ0) is 14.4. The molecule has 2 aromatic heterocycles. The number of benzene rings is 2. The van der Waals surface area contributed by atoms with Crippen molar-refractivity contribution in [3.63, 3.8) is 0 Å². The van der Waals surface area contributed by atoms with Crippen LogP contribution in [0.5, 0.6) is 0 Å². The molecule has 4 aromatic rings. The molecule has 2 heterocycles. The lowest BCUT2D eigenvalue weighted by Crippen LogP contribution is -2.01. The molecule has 0 N–H and O–H groups in total. The Bertz CT molecular complexity index is 1030. The molecule has 0 radical (unpaired) electrons. The molecule has 102 valence electrons. The van der Waals surface area contributed by atoms with Gasteiger partial charge in [0.1, 0.15) is 11.9 Å². The van der Waals surface area contributed by atoms with Gasteiger partial charge in [-0.3, -0.25) is 4.57 Å². The van der Waals surface area contributed by atoms with Crippen LogP contribution in [0.25, 0.3) is 27.7 Å². The summed E-state index contributed by atoms with van der Waals surface area (Å²) in [5.41, 5.74) is 1.86. The van der Waals surface area contributed by atoms with Gasteiger partial charge in [-0.05, 0) is 24.3 Å². The molecule has 4 nitrogen and oxygen atoms in total. The van der Waals surface area contributed by atoms with Crippen molar-refractivity contribution < 1.29 is 4.42 Å². The Morgan fingerprint density at radius 3 is 2.67 bits per heavy atom. The first-order valence-corrected chi connectivity index (χ1v) is 6.77. The normalized spacial score (nSPS) is 11.3. The molecular formula is C16H9ClN2O2. The Balaban J connectivity index is 2.22. The van der Waals surface area contributed by atoms with Crippen LogP contribution >= 0.6 is 11.6 Å². The van der Waals surface area contributed by atoms with Crippen molar-refractivity contribution in [3.8, 4) is 5.69 Å². The van der Waals surface area contributed by atoms with Crippen molar-refractivity contribution in [1.29, 1.82) is 0 Å². The minimum absolute atomic E-state index is 0.300. The second-order valence-electron chi connectivity index (χ2n) is 4.65. The van der Waals surface area contributed by atoms with Crippen LogP contribution in [0.15, 0.2) is 64.1 Å².